The highest BCUT2D eigenvalue weighted by molar-refractivity contribution is 5.96. The molecular formula is C50H37N3O. The van der Waals surface area contributed by atoms with Crippen LogP contribution in [0.3, 0.4) is 0 Å². The first-order valence-corrected chi connectivity index (χ1v) is 18.0. The van der Waals surface area contributed by atoms with Gasteiger partial charge in [-0.2, -0.15) is 0 Å². The number of phenolic OH excluding ortho intramolecular Hbond substituents is 1. The average molecular weight is 699 g/mol. The normalized spacial score (nSPS) is 12.3. The Morgan fingerprint density at radius 1 is 0.537 bits per heavy atom. The highest BCUT2D eigenvalue weighted by atomic mass is 16.3. The average Bonchev–Trinajstić information content (AvgIpc) is 3.64. The van der Waals surface area contributed by atoms with Crippen LogP contribution in [0, 0.1) is 6.85 Å². The molecule has 0 spiro atoms. The molecule has 0 atom stereocenters. The third-order valence-electron chi connectivity index (χ3n) is 9.90. The van der Waals surface area contributed by atoms with Crippen LogP contribution in [-0.2, 0) is 6.42 Å². The number of imidazole rings is 1. The summed E-state index contributed by atoms with van der Waals surface area (Å²) in [6.07, 6.45) is 2.63. The van der Waals surface area contributed by atoms with Crippen molar-refractivity contribution in [2.45, 2.75) is 13.3 Å². The van der Waals surface area contributed by atoms with Crippen LogP contribution in [0.5, 0.6) is 5.75 Å². The van der Waals surface area contributed by atoms with Gasteiger partial charge in [0.25, 0.3) is 0 Å². The van der Waals surface area contributed by atoms with Gasteiger partial charge in [-0.05, 0) is 112 Å². The Kier molecular flexibility index (Phi) is 7.75. The van der Waals surface area contributed by atoms with Crippen LogP contribution in [0.2, 0.25) is 0 Å². The molecule has 0 fully saturated rings. The molecule has 1 N–H and O–H groups in total. The molecule has 2 heterocycles. The second kappa shape index (κ2) is 14.2. The number of aromatic hydroxyl groups is 1. The van der Waals surface area contributed by atoms with E-state index >= 15 is 0 Å². The first-order valence-electron chi connectivity index (χ1n) is 19.5. The number of fused-ring (bicyclic) bond motifs is 1. The van der Waals surface area contributed by atoms with E-state index in [4.69, 9.17) is 14.1 Å². The molecule has 0 amide bonds. The molecule has 4 nitrogen and oxygen atoms in total. The van der Waals surface area contributed by atoms with E-state index < -0.39 is 6.85 Å². The van der Waals surface area contributed by atoms with Crippen LogP contribution in [0.1, 0.15) is 20.8 Å². The van der Waals surface area contributed by atoms with Gasteiger partial charge in [0.1, 0.15) is 11.6 Å². The number of nitrogens with zero attached hydrogens (tertiary/aromatic N) is 3. The summed E-state index contributed by atoms with van der Waals surface area (Å²) in [5.41, 5.74) is 12.7. The van der Waals surface area contributed by atoms with Crippen LogP contribution >= 0.6 is 0 Å². The zero-order chi connectivity index (χ0) is 38.9. The van der Waals surface area contributed by atoms with Crippen molar-refractivity contribution in [1.82, 2.24) is 14.5 Å². The Bertz CT molecular complexity index is 2850. The fourth-order valence-electron chi connectivity index (χ4n) is 7.22. The minimum Gasteiger partial charge on any atom is -0.507 e. The number of pyridine rings is 1. The lowest BCUT2D eigenvalue weighted by Gasteiger charge is -2.12. The monoisotopic (exact) mass is 698 g/mol. The van der Waals surface area contributed by atoms with Crippen LogP contribution < -0.4 is 0 Å². The molecule has 0 saturated heterocycles. The van der Waals surface area contributed by atoms with Crippen LogP contribution in [0.25, 0.3) is 72.7 Å². The first-order chi connectivity index (χ1) is 27.8. The molecule has 0 aliphatic rings. The Morgan fingerprint density at radius 3 is 1.96 bits per heavy atom. The maximum atomic E-state index is 11.1. The van der Waals surface area contributed by atoms with Crippen molar-refractivity contribution in [1.29, 1.82) is 0 Å². The zero-order valence-electron chi connectivity index (χ0n) is 32.4. The van der Waals surface area contributed by atoms with E-state index in [9.17, 15) is 5.11 Å². The molecule has 9 rings (SSSR count). The smallest absolute Gasteiger partial charge is 0.149 e. The van der Waals surface area contributed by atoms with E-state index in [1.807, 2.05) is 77.4 Å². The minimum atomic E-state index is -2.37. The SMILES string of the molecule is [2H]C([2H])([2H])c1cc(-c2cc(-c3ccc(Cc4ccccc4)cc3)ccn2)cc(-c2cccc3c2nc(-c2ccccc2O)n3-c2ccc(-c3ccccc3)cc2)c1. The fraction of sp³-hybridized carbons (Fsp3) is 0.0400. The summed E-state index contributed by atoms with van der Waals surface area (Å²) < 4.78 is 27.4. The van der Waals surface area contributed by atoms with Crippen LogP contribution in [0.15, 0.2) is 188 Å². The predicted octanol–water partition coefficient (Wildman–Crippen LogP) is 12.4. The molecule has 0 bridgehead atoms. The maximum Gasteiger partial charge on any atom is 0.149 e. The molecular weight excluding hydrogens is 659 g/mol. The van der Waals surface area contributed by atoms with Crippen molar-refractivity contribution in [2.75, 3.05) is 0 Å². The zero-order valence-corrected chi connectivity index (χ0v) is 29.4. The molecule has 0 aliphatic heterocycles. The number of phenols is 1. The summed E-state index contributed by atoms with van der Waals surface area (Å²) in [6.45, 7) is -2.37. The molecule has 9 aromatic rings. The van der Waals surface area contributed by atoms with Gasteiger partial charge in [-0.1, -0.05) is 127 Å². The Morgan fingerprint density at radius 2 is 1.19 bits per heavy atom. The standard InChI is InChI=1S/C50H37N3O/c1-34-29-41(32-42(30-34)46-33-40(27-28-51-46)39-21-19-36(20-22-39)31-35-11-4-2-5-12-35)44-16-10-17-47-49(44)52-50(45-15-8-9-18-48(45)54)53(47)43-25-23-38(24-26-43)37-13-6-3-7-14-37/h2-30,32-33,54H,31H2,1H3/i1D3. The molecule has 4 heteroatoms. The van der Waals surface area contributed by atoms with Gasteiger partial charge in [-0.3, -0.25) is 9.55 Å². The van der Waals surface area contributed by atoms with E-state index in [1.54, 1.807) is 30.5 Å². The first kappa shape index (κ1) is 29.5. The van der Waals surface area contributed by atoms with Crippen molar-refractivity contribution in [3.05, 3.63) is 205 Å². The number of hydrogen-bond donors (Lipinski definition) is 1. The lowest BCUT2D eigenvalue weighted by molar-refractivity contribution is 0.477. The molecule has 0 unspecified atom stereocenters. The summed E-state index contributed by atoms with van der Waals surface area (Å²) in [4.78, 5) is 9.94. The number of rotatable bonds is 8. The number of aromatic nitrogens is 3. The van der Waals surface area contributed by atoms with Crippen molar-refractivity contribution in [2.24, 2.45) is 0 Å². The summed E-state index contributed by atoms with van der Waals surface area (Å²) in [6, 6.07) is 60.0. The van der Waals surface area contributed by atoms with E-state index in [1.165, 1.54) is 11.1 Å². The van der Waals surface area contributed by atoms with Crippen molar-refractivity contribution < 1.29 is 9.22 Å². The summed E-state index contributed by atoms with van der Waals surface area (Å²) >= 11 is 0. The third-order valence-corrected chi connectivity index (χ3v) is 9.90. The van der Waals surface area contributed by atoms with E-state index in [-0.39, 0.29) is 11.3 Å². The molecule has 0 radical (unpaired) electrons. The lowest BCUT2D eigenvalue weighted by atomic mass is 9.96. The Balaban J connectivity index is 1.15. The lowest BCUT2D eigenvalue weighted by Crippen LogP contribution is -1.98. The quantitative estimate of drug-likeness (QED) is 0.172. The van der Waals surface area contributed by atoms with E-state index in [0.717, 1.165) is 45.4 Å². The van der Waals surface area contributed by atoms with Gasteiger partial charge in [0.05, 0.1) is 22.3 Å². The molecule has 0 aliphatic carbocycles. The summed E-state index contributed by atoms with van der Waals surface area (Å²) in [7, 11) is 0. The van der Waals surface area contributed by atoms with Gasteiger partial charge in [0.2, 0.25) is 0 Å². The van der Waals surface area contributed by atoms with Gasteiger partial charge < -0.3 is 5.11 Å². The second-order valence-electron chi connectivity index (χ2n) is 13.5. The largest absolute Gasteiger partial charge is 0.507 e. The topological polar surface area (TPSA) is 50.9 Å². The fourth-order valence-corrected chi connectivity index (χ4v) is 7.22. The number of para-hydroxylation sites is 2. The van der Waals surface area contributed by atoms with Gasteiger partial charge in [0.15, 0.2) is 0 Å². The highest BCUT2D eigenvalue weighted by Crippen LogP contribution is 2.39. The van der Waals surface area contributed by atoms with Crippen molar-refractivity contribution in [3.8, 4) is 67.5 Å². The molecule has 54 heavy (non-hydrogen) atoms. The van der Waals surface area contributed by atoms with Gasteiger partial charge >= 0.3 is 0 Å². The summed E-state index contributed by atoms with van der Waals surface area (Å²) in [5, 5.41) is 11.1. The molecule has 258 valence electrons. The Labute approximate surface area is 319 Å². The van der Waals surface area contributed by atoms with Gasteiger partial charge in [0, 0.05) is 27.1 Å². The van der Waals surface area contributed by atoms with Crippen LogP contribution in [0.4, 0.5) is 0 Å². The predicted molar refractivity (Wildman–Crippen MR) is 222 cm³/mol. The molecule has 0 saturated carbocycles. The molecule has 7 aromatic carbocycles. The van der Waals surface area contributed by atoms with Gasteiger partial charge in [-0.15, -0.1) is 0 Å². The Hall–Kier alpha value is -7.04. The number of hydrogen-bond acceptors (Lipinski definition) is 3. The minimum absolute atomic E-state index is 0.111. The molecule has 2 aromatic heterocycles. The van der Waals surface area contributed by atoms with Crippen molar-refractivity contribution in [3.63, 3.8) is 0 Å². The maximum absolute atomic E-state index is 11.1. The number of aryl methyl sites for hydroxylation is 1. The third kappa shape index (κ3) is 6.46. The highest BCUT2D eigenvalue weighted by Gasteiger charge is 2.20. The number of benzene rings is 7. The second-order valence-corrected chi connectivity index (χ2v) is 13.5. The van der Waals surface area contributed by atoms with E-state index in [2.05, 4.69) is 84.9 Å². The van der Waals surface area contributed by atoms with E-state index in [0.29, 0.717) is 33.7 Å². The summed E-state index contributed by atoms with van der Waals surface area (Å²) in [5.74, 6) is 0.680. The van der Waals surface area contributed by atoms with Gasteiger partial charge in [-0.25, -0.2) is 4.98 Å². The van der Waals surface area contributed by atoms with Crippen molar-refractivity contribution >= 4 is 11.0 Å². The van der Waals surface area contributed by atoms with Crippen LogP contribution in [-0.4, -0.2) is 19.6 Å².